The standard InChI is InChI=1S/C45H71N13O11/c1-8-25(4)36(41(65)54-32(20-28-21-49-23-51-28)42(66)58-18-10-12-33(58)43(67)57(7)37(26(5)59)44(68)69)56-39(63)31(19-27-13-15-29(60)16-14-27)53-40(64)35(24(2)3)55-38(62)30(52-34(61)22-48-6)11-9-17-50-45(46)47/h13-16,21,23-26,30-33,35-37,48,59-60H,8-12,17-20,22H2,1-7H3,(H,49,51)(H,52,61)(H,53,64)(H,54,65)(H,55,62)(H,56,63)(H,68,69)(H4,46,47,50)/t25-,26+,30-,31-,32-,33-,35-,36-,37-/m0/s1. The number of nitrogens with two attached hydrogens (primary N) is 2. The fourth-order valence-electron chi connectivity index (χ4n) is 7.89. The molecule has 3 rings (SSSR count). The number of aliphatic hydroxyl groups excluding tert-OH is 1. The van der Waals surface area contributed by atoms with Gasteiger partial charge in [-0.25, -0.2) is 9.78 Å². The third-order valence-electron chi connectivity index (χ3n) is 11.9. The first kappa shape index (κ1) is 56.5. The summed E-state index contributed by atoms with van der Waals surface area (Å²) in [6.07, 6.45) is 2.57. The van der Waals surface area contributed by atoms with Crippen LogP contribution in [-0.4, -0.2) is 170 Å². The number of likely N-dealkylation sites (N-methyl/N-ethyl adjacent to an activating group) is 2. The lowest BCUT2D eigenvalue weighted by Crippen LogP contribution is -2.62. The molecule has 69 heavy (non-hydrogen) atoms. The van der Waals surface area contributed by atoms with Gasteiger partial charge in [0, 0.05) is 44.9 Å². The minimum atomic E-state index is -1.58. The SMILES string of the molecule is CC[C@H](C)[C@H](NC(=O)[C@H](Cc1ccc(O)cc1)NC(=O)[C@@H](NC(=O)[C@H](CCCN=C(N)N)NC(=O)CNC)C(C)C)C(=O)N[C@@H](Cc1cnc[nH]1)C(=O)N1CCC[C@H]1C(=O)N(C)[C@H](C(=O)O)[C@@H](C)O. The van der Waals surface area contributed by atoms with Crippen molar-refractivity contribution < 1.29 is 53.7 Å². The van der Waals surface area contributed by atoms with Crippen LogP contribution in [0.2, 0.25) is 0 Å². The van der Waals surface area contributed by atoms with Crippen LogP contribution in [0, 0.1) is 11.8 Å². The number of carbonyl (C=O) groups is 8. The van der Waals surface area contributed by atoms with Crippen LogP contribution in [0.1, 0.15) is 78.0 Å². The fraction of sp³-hybridized carbons (Fsp3) is 0.600. The van der Waals surface area contributed by atoms with Crippen molar-refractivity contribution >= 4 is 53.3 Å². The number of aliphatic hydroxyl groups is 1. The minimum Gasteiger partial charge on any atom is -0.508 e. The van der Waals surface area contributed by atoms with Gasteiger partial charge in [0.25, 0.3) is 0 Å². The second kappa shape index (κ2) is 27.2. The summed E-state index contributed by atoms with van der Waals surface area (Å²) >= 11 is 0. The number of aromatic hydroxyl groups is 1. The van der Waals surface area contributed by atoms with Gasteiger partial charge in [-0.3, -0.25) is 38.6 Å². The lowest BCUT2D eigenvalue weighted by atomic mass is 9.96. The van der Waals surface area contributed by atoms with Crippen molar-refractivity contribution in [3.8, 4) is 5.75 Å². The number of imidazole rings is 1. The van der Waals surface area contributed by atoms with Gasteiger partial charge >= 0.3 is 5.97 Å². The summed E-state index contributed by atoms with van der Waals surface area (Å²) in [5.74, 6) is -7.52. The topological polar surface area (TPSA) is 369 Å². The third-order valence-corrected chi connectivity index (χ3v) is 11.9. The number of carboxylic acid groups (broad SMARTS) is 1. The largest absolute Gasteiger partial charge is 0.508 e. The number of rotatable bonds is 27. The van der Waals surface area contributed by atoms with Crippen molar-refractivity contribution in [3.63, 3.8) is 0 Å². The lowest BCUT2D eigenvalue weighted by molar-refractivity contribution is -0.156. The Balaban J connectivity index is 1.94. The zero-order valence-electron chi connectivity index (χ0n) is 40.4. The summed E-state index contributed by atoms with van der Waals surface area (Å²) < 4.78 is 0. The third kappa shape index (κ3) is 17.0. The summed E-state index contributed by atoms with van der Waals surface area (Å²) in [5, 5.41) is 46.3. The summed E-state index contributed by atoms with van der Waals surface area (Å²) in [5.41, 5.74) is 11.8. The van der Waals surface area contributed by atoms with E-state index in [-0.39, 0.29) is 57.0 Å². The van der Waals surface area contributed by atoms with E-state index < -0.39 is 108 Å². The molecule has 1 saturated heterocycles. The first-order chi connectivity index (χ1) is 32.6. The van der Waals surface area contributed by atoms with E-state index in [1.165, 1.54) is 43.5 Å². The van der Waals surface area contributed by atoms with Crippen LogP contribution < -0.4 is 43.4 Å². The molecule has 1 aromatic carbocycles. The highest BCUT2D eigenvalue weighted by Gasteiger charge is 2.43. The number of hydrogen-bond acceptors (Lipinski definition) is 13. The monoisotopic (exact) mass is 970 g/mol. The van der Waals surface area contributed by atoms with Crippen LogP contribution in [0.4, 0.5) is 0 Å². The molecule has 382 valence electrons. The van der Waals surface area contributed by atoms with Gasteiger partial charge in [-0.05, 0) is 69.2 Å². The molecule has 1 aliphatic rings. The molecule has 0 radical (unpaired) electrons. The Bertz CT molecular complexity index is 2080. The molecule has 7 amide bonds. The second-order valence-electron chi connectivity index (χ2n) is 17.6. The number of phenolic OH excluding ortho intramolecular Hbond substituents is 1. The summed E-state index contributed by atoms with van der Waals surface area (Å²) in [6, 6.07) is -3.04. The molecule has 1 aliphatic heterocycles. The molecule has 1 fully saturated rings. The number of guanidine groups is 1. The summed E-state index contributed by atoms with van der Waals surface area (Å²) in [7, 11) is 2.80. The molecule has 14 N–H and O–H groups in total. The molecule has 0 spiro atoms. The molecule has 9 atom stereocenters. The number of carbonyl (C=O) groups excluding carboxylic acids is 7. The van der Waals surface area contributed by atoms with Gasteiger partial charge in [0.2, 0.25) is 41.4 Å². The molecule has 0 saturated carbocycles. The second-order valence-corrected chi connectivity index (χ2v) is 17.6. The minimum absolute atomic E-state index is 0.0466. The number of carboxylic acids is 1. The molecular weight excluding hydrogens is 899 g/mol. The number of likely N-dealkylation sites (tertiary alicyclic amines) is 1. The fourth-order valence-corrected chi connectivity index (χ4v) is 7.89. The van der Waals surface area contributed by atoms with Crippen molar-refractivity contribution in [2.24, 2.45) is 28.3 Å². The molecular formula is C45H71N13O11. The van der Waals surface area contributed by atoms with Gasteiger partial charge in [0.1, 0.15) is 42.0 Å². The Morgan fingerprint density at radius 1 is 0.884 bits per heavy atom. The predicted molar refractivity (Wildman–Crippen MR) is 252 cm³/mol. The van der Waals surface area contributed by atoms with Gasteiger partial charge in [-0.2, -0.15) is 0 Å². The van der Waals surface area contributed by atoms with E-state index >= 15 is 0 Å². The predicted octanol–water partition coefficient (Wildman–Crippen LogP) is -2.42. The molecule has 1 aromatic heterocycles. The van der Waals surface area contributed by atoms with Crippen molar-refractivity contribution in [2.45, 2.75) is 128 Å². The van der Waals surface area contributed by atoms with E-state index in [1.807, 2.05) is 0 Å². The Hall–Kier alpha value is -6.82. The molecule has 2 aromatic rings. The van der Waals surface area contributed by atoms with Crippen LogP contribution in [0.15, 0.2) is 41.8 Å². The van der Waals surface area contributed by atoms with E-state index in [1.54, 1.807) is 46.9 Å². The van der Waals surface area contributed by atoms with Crippen LogP contribution in [0.25, 0.3) is 0 Å². The van der Waals surface area contributed by atoms with E-state index in [2.05, 4.69) is 46.9 Å². The highest BCUT2D eigenvalue weighted by molar-refractivity contribution is 5.98. The number of amides is 7. The molecule has 24 heteroatoms. The number of hydrogen-bond donors (Lipinski definition) is 12. The zero-order valence-corrected chi connectivity index (χ0v) is 40.4. The van der Waals surface area contributed by atoms with Crippen molar-refractivity contribution in [2.75, 3.05) is 33.7 Å². The Morgan fingerprint density at radius 3 is 2.07 bits per heavy atom. The maximum Gasteiger partial charge on any atom is 0.329 e. The molecule has 24 nitrogen and oxygen atoms in total. The number of aliphatic carboxylic acids is 1. The maximum absolute atomic E-state index is 14.5. The van der Waals surface area contributed by atoms with Crippen molar-refractivity contribution in [3.05, 3.63) is 48.0 Å². The first-order valence-corrected chi connectivity index (χ1v) is 23.0. The Kier molecular flexibility index (Phi) is 22.3. The van der Waals surface area contributed by atoms with Crippen molar-refractivity contribution in [1.29, 1.82) is 0 Å². The number of aromatic nitrogens is 2. The number of H-pyrrole nitrogens is 1. The average molecular weight is 970 g/mol. The molecule has 0 bridgehead atoms. The molecule has 2 heterocycles. The van der Waals surface area contributed by atoms with E-state index in [0.29, 0.717) is 30.5 Å². The van der Waals surface area contributed by atoms with E-state index in [9.17, 15) is 53.7 Å². The van der Waals surface area contributed by atoms with Crippen LogP contribution in [-0.2, 0) is 51.2 Å². The first-order valence-electron chi connectivity index (χ1n) is 23.0. The Labute approximate surface area is 401 Å². The van der Waals surface area contributed by atoms with Crippen LogP contribution in [0.5, 0.6) is 5.75 Å². The molecule has 0 aliphatic carbocycles. The zero-order chi connectivity index (χ0) is 51.5. The Morgan fingerprint density at radius 2 is 1.51 bits per heavy atom. The van der Waals surface area contributed by atoms with Gasteiger partial charge in [-0.15, -0.1) is 0 Å². The number of nitrogens with one attached hydrogen (secondary N) is 7. The van der Waals surface area contributed by atoms with Gasteiger partial charge in [-0.1, -0.05) is 46.2 Å². The van der Waals surface area contributed by atoms with Crippen molar-refractivity contribution in [1.82, 2.24) is 51.7 Å². The highest BCUT2D eigenvalue weighted by atomic mass is 16.4. The number of benzene rings is 1. The number of aliphatic imine (C=N–C) groups is 1. The summed E-state index contributed by atoms with van der Waals surface area (Å²) in [4.78, 5) is 123. The summed E-state index contributed by atoms with van der Waals surface area (Å²) in [6.45, 7) is 8.30. The van der Waals surface area contributed by atoms with E-state index in [4.69, 9.17) is 11.5 Å². The highest BCUT2D eigenvalue weighted by Crippen LogP contribution is 2.23. The maximum atomic E-state index is 14.5. The lowest BCUT2D eigenvalue weighted by Gasteiger charge is -2.34. The number of phenols is 1. The van der Waals surface area contributed by atoms with Crippen LogP contribution >= 0.6 is 0 Å². The normalized spacial score (nSPS) is 16.9. The number of aromatic amines is 1. The van der Waals surface area contributed by atoms with Gasteiger partial charge < -0.3 is 73.5 Å². The quantitative estimate of drug-likeness (QED) is 0.0252. The molecule has 0 unspecified atom stereocenters. The number of nitrogens with zero attached hydrogens (tertiary/aromatic N) is 4. The van der Waals surface area contributed by atoms with Gasteiger partial charge in [0.15, 0.2) is 12.0 Å². The van der Waals surface area contributed by atoms with E-state index in [0.717, 1.165) is 4.90 Å². The van der Waals surface area contributed by atoms with Gasteiger partial charge in [0.05, 0.1) is 19.0 Å². The average Bonchev–Trinajstić information content (AvgIpc) is 4.00. The van der Waals surface area contributed by atoms with Crippen LogP contribution in [0.3, 0.4) is 0 Å². The smallest absolute Gasteiger partial charge is 0.329 e.